The van der Waals surface area contributed by atoms with Crippen LogP contribution in [0.1, 0.15) is 17.5 Å². The number of hydrogen-bond donors (Lipinski definition) is 0. The van der Waals surface area contributed by atoms with E-state index in [2.05, 4.69) is 0 Å². The molecule has 1 heterocycles. The second-order valence-electron chi connectivity index (χ2n) is 6.36. The molecule has 136 valence electrons. The van der Waals surface area contributed by atoms with Gasteiger partial charge in [0.1, 0.15) is 5.82 Å². The van der Waals surface area contributed by atoms with Gasteiger partial charge in [-0.05, 0) is 24.1 Å². The Bertz CT molecular complexity index is 910. The minimum Gasteiger partial charge on any atom is -0.331 e. The van der Waals surface area contributed by atoms with Gasteiger partial charge < -0.3 is 4.90 Å². The summed E-state index contributed by atoms with van der Waals surface area (Å²) in [5, 5.41) is 0. The van der Waals surface area contributed by atoms with Gasteiger partial charge >= 0.3 is 0 Å². The van der Waals surface area contributed by atoms with Gasteiger partial charge in [0.15, 0.2) is 9.84 Å². The Hall–Kier alpha value is -2.47. The summed E-state index contributed by atoms with van der Waals surface area (Å²) < 4.78 is 37.7. The second-order valence-corrected chi connectivity index (χ2v) is 8.59. The minimum absolute atomic E-state index is 0.0465. The van der Waals surface area contributed by atoms with Crippen molar-refractivity contribution in [2.75, 3.05) is 11.5 Å². The fourth-order valence-corrected chi connectivity index (χ4v) is 4.78. The molecule has 4 nitrogen and oxygen atoms in total. The van der Waals surface area contributed by atoms with E-state index in [-0.39, 0.29) is 24.0 Å². The molecule has 6 heteroatoms. The predicted octanol–water partition coefficient (Wildman–Crippen LogP) is 3.05. The van der Waals surface area contributed by atoms with Gasteiger partial charge in [-0.25, -0.2) is 12.8 Å². The lowest BCUT2D eigenvalue weighted by atomic mass is 10.1. The number of hydrogen-bond acceptors (Lipinski definition) is 3. The minimum atomic E-state index is -3.16. The highest BCUT2D eigenvalue weighted by molar-refractivity contribution is 7.91. The molecule has 1 saturated heterocycles. The second kappa shape index (κ2) is 7.83. The van der Waals surface area contributed by atoms with Crippen LogP contribution in [0.25, 0.3) is 6.08 Å². The predicted molar refractivity (Wildman–Crippen MR) is 99.5 cm³/mol. The number of halogens is 1. The summed E-state index contributed by atoms with van der Waals surface area (Å²) >= 11 is 0. The highest BCUT2D eigenvalue weighted by atomic mass is 32.2. The lowest BCUT2D eigenvalue weighted by Gasteiger charge is -2.27. The van der Waals surface area contributed by atoms with Gasteiger partial charge in [0.05, 0.1) is 11.5 Å². The van der Waals surface area contributed by atoms with E-state index in [9.17, 15) is 17.6 Å². The van der Waals surface area contributed by atoms with Crippen LogP contribution in [0, 0.1) is 5.82 Å². The molecule has 1 fully saturated rings. The average Bonchev–Trinajstić information content (AvgIpc) is 2.99. The van der Waals surface area contributed by atoms with Crippen LogP contribution < -0.4 is 0 Å². The number of nitrogens with zero attached hydrogens (tertiary/aromatic N) is 1. The maximum atomic E-state index is 14.0. The normalized spacial score (nSPS) is 18.9. The van der Waals surface area contributed by atoms with Gasteiger partial charge in [-0.3, -0.25) is 4.79 Å². The van der Waals surface area contributed by atoms with Crippen molar-refractivity contribution in [3.05, 3.63) is 77.6 Å². The highest BCUT2D eigenvalue weighted by Crippen LogP contribution is 2.22. The Labute approximate surface area is 152 Å². The van der Waals surface area contributed by atoms with Gasteiger partial charge in [-0.15, -0.1) is 0 Å². The third kappa shape index (κ3) is 4.58. The Morgan fingerprint density at radius 2 is 1.81 bits per heavy atom. The van der Waals surface area contributed by atoms with E-state index in [4.69, 9.17) is 0 Å². The molecule has 0 aliphatic carbocycles. The van der Waals surface area contributed by atoms with Gasteiger partial charge in [-0.1, -0.05) is 48.5 Å². The summed E-state index contributed by atoms with van der Waals surface area (Å²) in [5.41, 5.74) is 1.24. The largest absolute Gasteiger partial charge is 0.331 e. The molecule has 0 N–H and O–H groups in total. The van der Waals surface area contributed by atoms with Crippen molar-refractivity contribution in [1.29, 1.82) is 0 Å². The molecule has 26 heavy (non-hydrogen) atoms. The molecule has 1 aliphatic rings. The smallest absolute Gasteiger partial charge is 0.247 e. The van der Waals surface area contributed by atoms with E-state index in [0.29, 0.717) is 12.0 Å². The third-order valence-corrected chi connectivity index (χ3v) is 6.20. The maximum absolute atomic E-state index is 14.0. The fourth-order valence-electron chi connectivity index (χ4n) is 3.05. The lowest BCUT2D eigenvalue weighted by molar-refractivity contribution is -0.128. The van der Waals surface area contributed by atoms with Gasteiger partial charge in [0.2, 0.25) is 5.91 Å². The summed E-state index contributed by atoms with van der Waals surface area (Å²) in [4.78, 5) is 14.2. The molecule has 0 aromatic heterocycles. The molecule has 2 aromatic rings. The summed E-state index contributed by atoms with van der Waals surface area (Å²) in [6.07, 6.45) is 3.48. The number of amides is 1. The van der Waals surface area contributed by atoms with Crippen LogP contribution in [0.3, 0.4) is 0 Å². The first-order chi connectivity index (χ1) is 12.4. The highest BCUT2D eigenvalue weighted by Gasteiger charge is 2.34. The van der Waals surface area contributed by atoms with Crippen LogP contribution in [0.2, 0.25) is 0 Å². The summed E-state index contributed by atoms with van der Waals surface area (Å²) in [5.74, 6) is -0.745. The summed E-state index contributed by atoms with van der Waals surface area (Å²) in [6.45, 7) is 0.0465. The van der Waals surface area contributed by atoms with Crippen molar-refractivity contribution in [3.8, 4) is 0 Å². The van der Waals surface area contributed by atoms with E-state index in [1.165, 1.54) is 17.0 Å². The number of benzene rings is 2. The van der Waals surface area contributed by atoms with Gasteiger partial charge in [0.25, 0.3) is 0 Å². The molecular formula is C20H20FNO3S. The Balaban J connectivity index is 1.84. The zero-order chi connectivity index (χ0) is 18.6. The molecule has 2 aromatic carbocycles. The van der Waals surface area contributed by atoms with Crippen LogP contribution in [-0.4, -0.2) is 36.8 Å². The van der Waals surface area contributed by atoms with Crippen molar-refractivity contribution >= 4 is 21.8 Å². The Morgan fingerprint density at radius 3 is 2.46 bits per heavy atom. The van der Waals surface area contributed by atoms with Crippen LogP contribution in [0.5, 0.6) is 0 Å². The van der Waals surface area contributed by atoms with E-state index in [0.717, 1.165) is 5.56 Å². The average molecular weight is 373 g/mol. The van der Waals surface area contributed by atoms with Gasteiger partial charge in [0, 0.05) is 24.2 Å². The SMILES string of the molecule is O=C(/C=C/c1ccccc1)N(Cc1ccccc1F)[C@H]1CCS(=O)(=O)C1. The molecule has 0 saturated carbocycles. The first-order valence-electron chi connectivity index (χ1n) is 8.42. The number of carbonyl (C=O) groups excluding carboxylic acids is 1. The van der Waals surface area contributed by atoms with Crippen molar-refractivity contribution in [3.63, 3.8) is 0 Å². The van der Waals surface area contributed by atoms with Crippen molar-refractivity contribution < 1.29 is 17.6 Å². The van der Waals surface area contributed by atoms with Crippen molar-refractivity contribution in [1.82, 2.24) is 4.90 Å². The molecule has 0 radical (unpaired) electrons. The van der Waals surface area contributed by atoms with E-state index < -0.39 is 21.7 Å². The topological polar surface area (TPSA) is 54.5 Å². The molecular weight excluding hydrogens is 353 g/mol. The van der Waals surface area contributed by atoms with Crippen molar-refractivity contribution in [2.24, 2.45) is 0 Å². The van der Waals surface area contributed by atoms with E-state index in [1.54, 1.807) is 24.3 Å². The fraction of sp³-hybridized carbons (Fsp3) is 0.250. The van der Waals surface area contributed by atoms with Crippen molar-refractivity contribution in [2.45, 2.75) is 19.0 Å². The number of carbonyl (C=O) groups is 1. The third-order valence-electron chi connectivity index (χ3n) is 4.45. The lowest BCUT2D eigenvalue weighted by Crippen LogP contribution is -2.39. The van der Waals surface area contributed by atoms with Crippen LogP contribution in [0.15, 0.2) is 60.7 Å². The first kappa shape index (κ1) is 18.3. The number of sulfone groups is 1. The van der Waals surface area contributed by atoms with Gasteiger partial charge in [-0.2, -0.15) is 0 Å². The summed E-state index contributed by atoms with van der Waals surface area (Å²) in [7, 11) is -3.16. The van der Waals surface area contributed by atoms with E-state index in [1.807, 2.05) is 30.3 Å². The Kier molecular flexibility index (Phi) is 5.52. The maximum Gasteiger partial charge on any atom is 0.247 e. The van der Waals surface area contributed by atoms with E-state index >= 15 is 0 Å². The molecule has 0 spiro atoms. The molecule has 1 amide bonds. The zero-order valence-corrected chi connectivity index (χ0v) is 15.0. The zero-order valence-electron chi connectivity index (χ0n) is 14.2. The standard InChI is InChI=1S/C20H20FNO3S/c21-19-9-5-4-8-17(19)14-22(18-12-13-26(24,25)15-18)20(23)11-10-16-6-2-1-3-7-16/h1-11,18H,12-15H2/b11-10+/t18-/m0/s1. The van der Waals surface area contributed by atoms with Crippen LogP contribution in [0.4, 0.5) is 4.39 Å². The van der Waals surface area contributed by atoms with Crippen LogP contribution in [-0.2, 0) is 21.2 Å². The number of rotatable bonds is 5. The molecule has 0 bridgehead atoms. The molecule has 1 atom stereocenters. The monoisotopic (exact) mass is 373 g/mol. The first-order valence-corrected chi connectivity index (χ1v) is 10.2. The molecule has 3 rings (SSSR count). The molecule has 0 unspecified atom stereocenters. The molecule has 1 aliphatic heterocycles. The van der Waals surface area contributed by atoms with Crippen LogP contribution >= 0.6 is 0 Å². The summed E-state index contributed by atoms with van der Waals surface area (Å²) in [6, 6.07) is 15.1. The Morgan fingerprint density at radius 1 is 1.12 bits per heavy atom. The quantitative estimate of drug-likeness (QED) is 0.757.